The number of hydrogen-bond acceptors (Lipinski definition) is 4. The van der Waals surface area contributed by atoms with Gasteiger partial charge in [0.1, 0.15) is 18.8 Å². The van der Waals surface area contributed by atoms with Crippen LogP contribution in [0.1, 0.15) is 12.5 Å². The fourth-order valence-electron chi connectivity index (χ4n) is 1.69. The van der Waals surface area contributed by atoms with Crippen LogP contribution < -0.4 is 0 Å². The van der Waals surface area contributed by atoms with Crippen molar-refractivity contribution in [3.05, 3.63) is 35.9 Å². The smallest absolute Gasteiger partial charge is 0.329 e. The summed E-state index contributed by atoms with van der Waals surface area (Å²) < 4.78 is 10.6. The van der Waals surface area contributed by atoms with Crippen LogP contribution in [0, 0.1) is 0 Å². The Hall–Kier alpha value is -1.88. The van der Waals surface area contributed by atoms with Crippen LogP contribution in [0.25, 0.3) is 0 Å². The van der Waals surface area contributed by atoms with E-state index >= 15 is 0 Å². The number of ether oxygens (including phenoxy) is 2. The molecule has 0 fully saturated rings. The summed E-state index contributed by atoms with van der Waals surface area (Å²) in [6.07, 6.45) is 0. The molecule has 1 aliphatic rings. The van der Waals surface area contributed by atoms with Gasteiger partial charge >= 0.3 is 5.97 Å². The predicted octanol–water partition coefficient (Wildman–Crippen LogP) is 1.32. The van der Waals surface area contributed by atoms with Gasteiger partial charge in [0.15, 0.2) is 0 Å². The molecule has 0 saturated heterocycles. The van der Waals surface area contributed by atoms with Gasteiger partial charge in [0.05, 0.1) is 6.61 Å². The number of carboxylic acids is 1. The number of rotatable bonds is 5. The van der Waals surface area contributed by atoms with Gasteiger partial charge in [-0.05, 0) is 19.1 Å². The standard InChI is InChI=1S/C13H15NO4/c1-13(8-17-7-11(15)16)9-18-12(14-13)10-5-3-2-4-6-10/h2-6H,7-9H2,1H3,(H,15,16). The molecule has 5 heteroatoms. The van der Waals surface area contributed by atoms with E-state index in [0.29, 0.717) is 12.5 Å². The molecule has 1 aromatic rings. The van der Waals surface area contributed by atoms with Crippen LogP contribution >= 0.6 is 0 Å². The molecule has 0 bridgehead atoms. The van der Waals surface area contributed by atoms with Crippen molar-refractivity contribution >= 4 is 11.9 Å². The Morgan fingerprint density at radius 1 is 1.50 bits per heavy atom. The molecular formula is C13H15NO4. The first kappa shape index (κ1) is 12.6. The molecule has 1 atom stereocenters. The van der Waals surface area contributed by atoms with E-state index in [0.717, 1.165) is 5.56 Å². The SMILES string of the molecule is CC1(COCC(=O)O)COC(c2ccccc2)=N1. The zero-order valence-corrected chi connectivity index (χ0v) is 10.1. The van der Waals surface area contributed by atoms with Crippen molar-refractivity contribution in [2.45, 2.75) is 12.5 Å². The highest BCUT2D eigenvalue weighted by atomic mass is 16.5. The van der Waals surface area contributed by atoms with E-state index in [1.807, 2.05) is 37.3 Å². The second kappa shape index (κ2) is 5.18. The van der Waals surface area contributed by atoms with E-state index < -0.39 is 11.5 Å². The number of aliphatic imine (C=N–C) groups is 1. The normalized spacial score (nSPS) is 22.4. The molecule has 96 valence electrons. The third-order valence-corrected chi connectivity index (χ3v) is 2.55. The lowest BCUT2D eigenvalue weighted by Crippen LogP contribution is -2.31. The first-order chi connectivity index (χ1) is 8.59. The molecule has 0 aliphatic carbocycles. The number of benzene rings is 1. The number of nitrogens with zero attached hydrogens (tertiary/aromatic N) is 1. The Kier molecular flexibility index (Phi) is 3.62. The van der Waals surface area contributed by atoms with Crippen LogP contribution in [0.3, 0.4) is 0 Å². The molecule has 5 nitrogen and oxygen atoms in total. The van der Waals surface area contributed by atoms with E-state index in [1.165, 1.54) is 0 Å². The second-order valence-electron chi connectivity index (χ2n) is 4.46. The molecule has 0 saturated carbocycles. The van der Waals surface area contributed by atoms with Crippen LogP contribution in [0.15, 0.2) is 35.3 Å². The number of carboxylic acid groups (broad SMARTS) is 1. The van der Waals surface area contributed by atoms with Gasteiger partial charge in [-0.25, -0.2) is 9.79 Å². The third kappa shape index (κ3) is 3.07. The average Bonchev–Trinajstić information content (AvgIpc) is 2.73. The second-order valence-corrected chi connectivity index (χ2v) is 4.46. The Balaban J connectivity index is 2.00. The van der Waals surface area contributed by atoms with Crippen LogP contribution in [0.5, 0.6) is 0 Å². The van der Waals surface area contributed by atoms with Crippen molar-refractivity contribution in [3.63, 3.8) is 0 Å². The van der Waals surface area contributed by atoms with Gasteiger partial charge < -0.3 is 14.6 Å². The van der Waals surface area contributed by atoms with Gasteiger partial charge in [0.2, 0.25) is 5.90 Å². The van der Waals surface area contributed by atoms with Crippen LogP contribution in [-0.4, -0.2) is 42.3 Å². The first-order valence-electron chi connectivity index (χ1n) is 5.67. The topological polar surface area (TPSA) is 68.1 Å². The lowest BCUT2D eigenvalue weighted by Gasteiger charge is -2.16. The molecule has 1 N–H and O–H groups in total. The van der Waals surface area contributed by atoms with Crippen molar-refractivity contribution in [2.24, 2.45) is 4.99 Å². The van der Waals surface area contributed by atoms with Crippen molar-refractivity contribution in [1.82, 2.24) is 0 Å². The Bertz CT molecular complexity index is 457. The molecule has 1 heterocycles. The number of aliphatic carboxylic acids is 1. The molecule has 0 radical (unpaired) electrons. The van der Waals surface area contributed by atoms with Crippen molar-refractivity contribution in [3.8, 4) is 0 Å². The van der Waals surface area contributed by atoms with Crippen LogP contribution in [0.2, 0.25) is 0 Å². The van der Waals surface area contributed by atoms with Crippen LogP contribution in [0.4, 0.5) is 0 Å². The Morgan fingerprint density at radius 2 is 2.22 bits per heavy atom. The predicted molar refractivity (Wildman–Crippen MR) is 65.8 cm³/mol. The van der Waals surface area contributed by atoms with Gasteiger partial charge in [-0.3, -0.25) is 0 Å². The third-order valence-electron chi connectivity index (χ3n) is 2.55. The van der Waals surface area contributed by atoms with E-state index in [2.05, 4.69) is 4.99 Å². The molecule has 18 heavy (non-hydrogen) atoms. The lowest BCUT2D eigenvalue weighted by atomic mass is 10.1. The maximum Gasteiger partial charge on any atom is 0.329 e. The lowest BCUT2D eigenvalue weighted by molar-refractivity contribution is -0.142. The van der Waals surface area contributed by atoms with Gasteiger partial charge in [0.25, 0.3) is 0 Å². The number of hydrogen-bond donors (Lipinski definition) is 1. The van der Waals surface area contributed by atoms with E-state index in [9.17, 15) is 4.79 Å². The quantitative estimate of drug-likeness (QED) is 0.854. The first-order valence-corrected chi connectivity index (χ1v) is 5.67. The maximum absolute atomic E-state index is 10.4. The zero-order valence-electron chi connectivity index (χ0n) is 10.1. The molecule has 0 aromatic heterocycles. The summed E-state index contributed by atoms with van der Waals surface area (Å²) in [5.41, 5.74) is 0.403. The molecule has 1 unspecified atom stereocenters. The summed E-state index contributed by atoms with van der Waals surface area (Å²) in [5, 5.41) is 8.51. The molecule has 1 aromatic carbocycles. The minimum absolute atomic E-state index is 0.232. The monoisotopic (exact) mass is 249 g/mol. The van der Waals surface area contributed by atoms with Crippen molar-refractivity contribution < 1.29 is 19.4 Å². The molecule has 0 amide bonds. The fourth-order valence-corrected chi connectivity index (χ4v) is 1.69. The Morgan fingerprint density at radius 3 is 2.89 bits per heavy atom. The minimum atomic E-state index is -0.982. The van der Waals surface area contributed by atoms with Crippen LogP contribution in [-0.2, 0) is 14.3 Å². The van der Waals surface area contributed by atoms with Crippen molar-refractivity contribution in [2.75, 3.05) is 19.8 Å². The highest BCUT2D eigenvalue weighted by molar-refractivity contribution is 5.95. The summed E-state index contributed by atoms with van der Waals surface area (Å²) in [6.45, 7) is 2.20. The summed E-state index contributed by atoms with van der Waals surface area (Å²) in [4.78, 5) is 14.8. The number of carbonyl (C=O) groups is 1. The average molecular weight is 249 g/mol. The van der Waals surface area contributed by atoms with E-state index in [4.69, 9.17) is 14.6 Å². The fraction of sp³-hybridized carbons (Fsp3) is 0.385. The highest BCUT2D eigenvalue weighted by Crippen LogP contribution is 2.21. The van der Waals surface area contributed by atoms with Gasteiger partial charge in [-0.15, -0.1) is 0 Å². The highest BCUT2D eigenvalue weighted by Gasteiger charge is 2.32. The molecule has 2 rings (SSSR count). The molecular weight excluding hydrogens is 234 g/mol. The van der Waals surface area contributed by atoms with Crippen molar-refractivity contribution in [1.29, 1.82) is 0 Å². The summed E-state index contributed by atoms with van der Waals surface area (Å²) >= 11 is 0. The maximum atomic E-state index is 10.4. The minimum Gasteiger partial charge on any atom is -0.480 e. The van der Waals surface area contributed by atoms with E-state index in [1.54, 1.807) is 0 Å². The summed E-state index contributed by atoms with van der Waals surface area (Å²) in [7, 11) is 0. The summed E-state index contributed by atoms with van der Waals surface area (Å²) in [6, 6.07) is 9.59. The molecule has 1 aliphatic heterocycles. The van der Waals surface area contributed by atoms with Gasteiger partial charge in [-0.2, -0.15) is 0 Å². The van der Waals surface area contributed by atoms with Gasteiger partial charge in [-0.1, -0.05) is 18.2 Å². The zero-order chi connectivity index (χ0) is 13.0. The van der Waals surface area contributed by atoms with Gasteiger partial charge in [0, 0.05) is 5.56 Å². The largest absolute Gasteiger partial charge is 0.480 e. The Labute approximate surface area is 105 Å². The molecule has 0 spiro atoms. The van der Waals surface area contributed by atoms with E-state index in [-0.39, 0.29) is 13.2 Å². The summed E-state index contributed by atoms with van der Waals surface area (Å²) in [5.74, 6) is -0.401.